The van der Waals surface area contributed by atoms with Gasteiger partial charge in [-0.3, -0.25) is 10.1 Å². The van der Waals surface area contributed by atoms with Crippen LogP contribution in [0.4, 0.5) is 0 Å². The predicted octanol–water partition coefficient (Wildman–Crippen LogP) is 2.01. The molecule has 1 fully saturated rings. The van der Waals surface area contributed by atoms with Crippen LogP contribution in [0.3, 0.4) is 0 Å². The lowest BCUT2D eigenvalue weighted by molar-refractivity contribution is -0.133. The van der Waals surface area contributed by atoms with Crippen molar-refractivity contribution in [2.24, 2.45) is 0 Å². The molecule has 2 unspecified atom stereocenters. The van der Waals surface area contributed by atoms with Crippen molar-refractivity contribution in [3.05, 3.63) is 22.4 Å². The Balaban J connectivity index is 2.02. The number of amides is 1. The van der Waals surface area contributed by atoms with Crippen molar-refractivity contribution in [3.63, 3.8) is 0 Å². The van der Waals surface area contributed by atoms with Crippen molar-refractivity contribution in [2.45, 2.75) is 32.0 Å². The van der Waals surface area contributed by atoms with Crippen LogP contribution < -0.4 is 5.32 Å². The van der Waals surface area contributed by atoms with Crippen LogP contribution >= 0.6 is 11.3 Å². The van der Waals surface area contributed by atoms with E-state index in [-0.39, 0.29) is 12.1 Å². The summed E-state index contributed by atoms with van der Waals surface area (Å²) in [6, 6.07) is 2.07. The van der Waals surface area contributed by atoms with Gasteiger partial charge in [-0.05, 0) is 35.7 Å². The summed E-state index contributed by atoms with van der Waals surface area (Å²) in [6.07, 6.45) is 0.716. The lowest BCUT2D eigenvalue weighted by atomic mass is 9.99. The molecule has 6 heteroatoms. The van der Waals surface area contributed by atoms with E-state index in [1.165, 1.54) is 0 Å². The Bertz CT molecular complexity index is 452. The number of hydrogen-bond donors (Lipinski definition) is 1. The van der Waals surface area contributed by atoms with Crippen LogP contribution in [0.25, 0.3) is 0 Å². The number of carbonyl (C=O) groups is 1. The van der Waals surface area contributed by atoms with Crippen molar-refractivity contribution in [3.8, 4) is 0 Å². The lowest BCUT2D eigenvalue weighted by Crippen LogP contribution is -2.43. The fourth-order valence-electron chi connectivity index (χ4n) is 2.46. The number of rotatable bonds is 8. The summed E-state index contributed by atoms with van der Waals surface area (Å²) in [5.41, 5.74) is 0.654. The summed E-state index contributed by atoms with van der Waals surface area (Å²) in [4.78, 5) is 14.6. The molecule has 0 aromatic carbocycles. The number of nitrogens with one attached hydrogen (secondary N) is 1. The molecule has 5 nitrogen and oxygen atoms in total. The van der Waals surface area contributed by atoms with Crippen LogP contribution in [0.1, 0.15) is 32.0 Å². The van der Waals surface area contributed by atoms with Gasteiger partial charge in [0.05, 0.1) is 25.4 Å². The minimum Gasteiger partial charge on any atom is -0.382 e. The third kappa shape index (κ3) is 3.63. The van der Waals surface area contributed by atoms with Gasteiger partial charge in [0.15, 0.2) is 0 Å². The van der Waals surface area contributed by atoms with Crippen molar-refractivity contribution in [1.82, 2.24) is 10.2 Å². The van der Waals surface area contributed by atoms with Gasteiger partial charge in [-0.2, -0.15) is 11.3 Å². The zero-order valence-electron chi connectivity index (χ0n) is 12.9. The van der Waals surface area contributed by atoms with Crippen LogP contribution in [0, 0.1) is 0 Å². The van der Waals surface area contributed by atoms with Gasteiger partial charge < -0.3 is 14.4 Å². The van der Waals surface area contributed by atoms with Gasteiger partial charge in [0.2, 0.25) is 5.91 Å². The van der Waals surface area contributed by atoms with E-state index in [9.17, 15) is 4.79 Å². The van der Waals surface area contributed by atoms with Gasteiger partial charge in [0.25, 0.3) is 0 Å². The maximum Gasteiger partial charge on any atom is 0.244 e. The summed E-state index contributed by atoms with van der Waals surface area (Å²) < 4.78 is 10.5. The Morgan fingerprint density at radius 2 is 2.24 bits per heavy atom. The molecule has 2 heterocycles. The fourth-order valence-corrected chi connectivity index (χ4v) is 3.14. The van der Waals surface area contributed by atoms with E-state index >= 15 is 0 Å². The molecule has 2 atom stereocenters. The van der Waals surface area contributed by atoms with Gasteiger partial charge in [0.1, 0.15) is 6.17 Å². The van der Waals surface area contributed by atoms with E-state index in [4.69, 9.17) is 9.47 Å². The molecule has 1 N–H and O–H groups in total. The van der Waals surface area contributed by atoms with Crippen LogP contribution in [-0.4, -0.2) is 49.8 Å². The van der Waals surface area contributed by atoms with E-state index < -0.39 is 5.54 Å². The molecule has 1 saturated heterocycles. The first-order valence-electron chi connectivity index (χ1n) is 7.30. The Morgan fingerprint density at radius 3 is 2.86 bits per heavy atom. The molecule has 0 spiro atoms. The molecule has 0 saturated carbocycles. The van der Waals surface area contributed by atoms with Crippen LogP contribution in [0.15, 0.2) is 16.8 Å². The molecular formula is C15H24N2O3S. The highest BCUT2D eigenvalue weighted by Gasteiger charge is 2.46. The molecular weight excluding hydrogens is 288 g/mol. The number of methoxy groups -OCH3 is 1. The molecule has 21 heavy (non-hydrogen) atoms. The Hall–Kier alpha value is -0.950. The number of thiophene rings is 1. The van der Waals surface area contributed by atoms with Crippen molar-refractivity contribution >= 4 is 17.2 Å². The molecule has 0 bridgehead atoms. The second-order valence-corrected chi connectivity index (χ2v) is 6.17. The second kappa shape index (κ2) is 7.35. The highest BCUT2D eigenvalue weighted by molar-refractivity contribution is 7.07. The minimum atomic E-state index is -0.487. The van der Waals surface area contributed by atoms with Crippen LogP contribution in [0.5, 0.6) is 0 Å². The van der Waals surface area contributed by atoms with Crippen molar-refractivity contribution in [2.75, 3.05) is 33.5 Å². The largest absolute Gasteiger partial charge is 0.382 e. The molecule has 1 amide bonds. The zero-order chi connectivity index (χ0) is 15.3. The summed E-state index contributed by atoms with van der Waals surface area (Å²) >= 11 is 1.65. The Morgan fingerprint density at radius 1 is 1.43 bits per heavy atom. The van der Waals surface area contributed by atoms with Gasteiger partial charge in [-0.1, -0.05) is 6.92 Å². The minimum absolute atomic E-state index is 0.0558. The average molecular weight is 312 g/mol. The second-order valence-electron chi connectivity index (χ2n) is 5.39. The number of hydrogen-bond acceptors (Lipinski definition) is 5. The Labute approximate surface area is 130 Å². The first-order chi connectivity index (χ1) is 10.1. The van der Waals surface area contributed by atoms with Crippen molar-refractivity contribution < 1.29 is 14.3 Å². The molecule has 0 aliphatic carbocycles. The quantitative estimate of drug-likeness (QED) is 0.746. The van der Waals surface area contributed by atoms with Gasteiger partial charge in [-0.25, -0.2) is 0 Å². The standard InChI is InChI=1S/C15H24N2O3S/c1-4-15(2)14(18)17(6-7-20-9-8-19-3)13(16-15)12-5-10-21-11-12/h5,10-11,13,16H,4,6-9H2,1-3H3. The zero-order valence-corrected chi connectivity index (χ0v) is 13.7. The molecule has 2 rings (SSSR count). The fraction of sp³-hybridized carbons (Fsp3) is 0.667. The molecule has 1 aliphatic rings. The van der Waals surface area contributed by atoms with Crippen molar-refractivity contribution in [1.29, 1.82) is 0 Å². The van der Waals surface area contributed by atoms with Crippen LogP contribution in [-0.2, 0) is 14.3 Å². The number of carbonyl (C=O) groups excluding carboxylic acids is 1. The highest BCUT2D eigenvalue weighted by Crippen LogP contribution is 2.33. The molecule has 1 aromatic rings. The third-order valence-corrected chi connectivity index (χ3v) is 4.68. The SMILES string of the molecule is CCC1(C)NC(c2ccsc2)N(CCOCCOC)C1=O. The lowest BCUT2D eigenvalue weighted by Gasteiger charge is -2.23. The maximum atomic E-state index is 12.7. The first-order valence-corrected chi connectivity index (χ1v) is 8.24. The van der Waals surface area contributed by atoms with E-state index in [2.05, 4.69) is 16.8 Å². The monoisotopic (exact) mass is 312 g/mol. The highest BCUT2D eigenvalue weighted by atomic mass is 32.1. The van der Waals surface area contributed by atoms with E-state index in [0.29, 0.717) is 26.4 Å². The van der Waals surface area contributed by atoms with Gasteiger partial charge in [0, 0.05) is 13.7 Å². The summed E-state index contributed by atoms with van der Waals surface area (Å²) in [6.45, 7) is 6.25. The van der Waals surface area contributed by atoms with E-state index in [0.717, 1.165) is 12.0 Å². The predicted molar refractivity (Wildman–Crippen MR) is 83.3 cm³/mol. The normalized spacial score (nSPS) is 25.8. The molecule has 1 aliphatic heterocycles. The van der Waals surface area contributed by atoms with Crippen LogP contribution in [0.2, 0.25) is 0 Å². The topological polar surface area (TPSA) is 50.8 Å². The average Bonchev–Trinajstić information content (AvgIpc) is 3.09. The van der Waals surface area contributed by atoms with Gasteiger partial charge >= 0.3 is 0 Å². The molecule has 118 valence electrons. The van der Waals surface area contributed by atoms with Gasteiger partial charge in [-0.15, -0.1) is 0 Å². The number of nitrogens with zero attached hydrogens (tertiary/aromatic N) is 1. The maximum absolute atomic E-state index is 12.7. The molecule has 1 aromatic heterocycles. The Kier molecular flexibility index (Phi) is 5.75. The third-order valence-electron chi connectivity index (χ3n) is 3.97. The van der Waals surface area contributed by atoms with E-state index in [1.807, 2.05) is 24.1 Å². The summed E-state index contributed by atoms with van der Waals surface area (Å²) in [5, 5.41) is 7.60. The molecule has 0 radical (unpaired) electrons. The first kappa shape index (κ1) is 16.4. The smallest absolute Gasteiger partial charge is 0.244 e. The summed E-state index contributed by atoms with van der Waals surface area (Å²) in [5.74, 6) is 0.150. The summed E-state index contributed by atoms with van der Waals surface area (Å²) in [7, 11) is 1.65. The van der Waals surface area contributed by atoms with E-state index in [1.54, 1.807) is 18.4 Å². The number of ether oxygens (including phenoxy) is 2.